The third-order valence-corrected chi connectivity index (χ3v) is 5.10. The molecule has 0 aromatic heterocycles. The number of nitrogens with one attached hydrogen (secondary N) is 1. The molecule has 1 saturated carbocycles. The molecule has 0 aliphatic heterocycles. The van der Waals surface area contributed by atoms with Gasteiger partial charge in [-0.25, -0.2) is 8.42 Å². The highest BCUT2D eigenvalue weighted by molar-refractivity contribution is 7.91. The molecular formula is C13H19NO2S. The minimum atomic E-state index is -3.07. The van der Waals surface area contributed by atoms with Crippen LogP contribution >= 0.6 is 0 Å². The molecule has 4 heteroatoms. The maximum Gasteiger partial charge on any atom is 0.178 e. The van der Waals surface area contributed by atoms with Crippen LogP contribution in [0.15, 0.2) is 29.2 Å². The van der Waals surface area contributed by atoms with Gasteiger partial charge in [0.1, 0.15) is 0 Å². The normalized spacial score (nSPS) is 16.5. The number of anilines is 1. The van der Waals surface area contributed by atoms with Gasteiger partial charge in [-0.1, -0.05) is 6.92 Å². The van der Waals surface area contributed by atoms with Crippen molar-refractivity contribution in [2.24, 2.45) is 0 Å². The largest absolute Gasteiger partial charge is 0.382 e. The van der Waals surface area contributed by atoms with Crippen LogP contribution in [-0.4, -0.2) is 20.2 Å². The van der Waals surface area contributed by atoms with Crippen molar-refractivity contribution >= 4 is 15.5 Å². The Bertz CT molecular complexity index is 461. The van der Waals surface area contributed by atoms with Crippen LogP contribution in [0.4, 0.5) is 5.69 Å². The summed E-state index contributed by atoms with van der Waals surface area (Å²) in [5, 5.41) is 3.39. The van der Waals surface area contributed by atoms with Gasteiger partial charge in [0.15, 0.2) is 9.84 Å². The lowest BCUT2D eigenvalue weighted by Gasteiger charge is -2.27. The van der Waals surface area contributed by atoms with Crippen molar-refractivity contribution in [3.63, 3.8) is 0 Å². The van der Waals surface area contributed by atoms with Gasteiger partial charge in [0.2, 0.25) is 0 Å². The highest BCUT2D eigenvalue weighted by atomic mass is 32.2. The Morgan fingerprint density at radius 3 is 2.35 bits per heavy atom. The molecule has 0 amide bonds. The summed E-state index contributed by atoms with van der Waals surface area (Å²) in [4.78, 5) is 0.429. The fourth-order valence-electron chi connectivity index (χ4n) is 1.93. The first-order valence-electron chi connectivity index (χ1n) is 6.21. The Kier molecular flexibility index (Phi) is 3.72. The van der Waals surface area contributed by atoms with Gasteiger partial charge in [-0.2, -0.15) is 0 Å². The second-order valence-electron chi connectivity index (χ2n) is 4.62. The lowest BCUT2D eigenvalue weighted by molar-refractivity contribution is 0.445. The molecule has 1 aromatic rings. The number of hydrogen-bond donors (Lipinski definition) is 1. The van der Waals surface area contributed by atoms with Crippen LogP contribution in [-0.2, 0) is 9.84 Å². The molecule has 0 unspecified atom stereocenters. The minimum Gasteiger partial charge on any atom is -0.382 e. The fourth-order valence-corrected chi connectivity index (χ4v) is 3.26. The smallest absolute Gasteiger partial charge is 0.178 e. The minimum absolute atomic E-state index is 0.225. The molecule has 0 saturated heterocycles. The second-order valence-corrected chi connectivity index (χ2v) is 6.72. The lowest BCUT2D eigenvalue weighted by atomic mass is 9.93. The first kappa shape index (κ1) is 12.4. The van der Waals surface area contributed by atoms with E-state index in [1.807, 2.05) is 19.1 Å². The quantitative estimate of drug-likeness (QED) is 0.877. The molecule has 1 aliphatic rings. The van der Waals surface area contributed by atoms with Crippen molar-refractivity contribution in [3.8, 4) is 0 Å². The van der Waals surface area contributed by atoms with Crippen molar-refractivity contribution in [2.75, 3.05) is 11.1 Å². The van der Waals surface area contributed by atoms with Gasteiger partial charge in [-0.3, -0.25) is 0 Å². The van der Waals surface area contributed by atoms with Gasteiger partial charge in [0.05, 0.1) is 10.6 Å². The maximum atomic E-state index is 11.8. The molecule has 1 aliphatic carbocycles. The van der Waals surface area contributed by atoms with E-state index >= 15 is 0 Å². The van der Waals surface area contributed by atoms with Crippen LogP contribution in [0, 0.1) is 0 Å². The van der Waals surface area contributed by atoms with E-state index in [2.05, 4.69) is 5.32 Å². The molecule has 1 N–H and O–H groups in total. The molecule has 3 nitrogen and oxygen atoms in total. The van der Waals surface area contributed by atoms with E-state index in [1.54, 1.807) is 12.1 Å². The van der Waals surface area contributed by atoms with Gasteiger partial charge in [0.25, 0.3) is 0 Å². The summed E-state index contributed by atoms with van der Waals surface area (Å²) in [6, 6.07) is 7.70. The van der Waals surface area contributed by atoms with Gasteiger partial charge in [0, 0.05) is 11.7 Å². The molecule has 2 rings (SSSR count). The summed E-state index contributed by atoms with van der Waals surface area (Å²) in [6.07, 6.45) is 4.39. The molecule has 0 radical (unpaired) electrons. The van der Waals surface area contributed by atoms with E-state index in [-0.39, 0.29) is 5.75 Å². The Balaban J connectivity index is 2.06. The van der Waals surface area contributed by atoms with E-state index in [9.17, 15) is 8.42 Å². The van der Waals surface area contributed by atoms with Crippen LogP contribution in [0.5, 0.6) is 0 Å². The highest BCUT2D eigenvalue weighted by Crippen LogP contribution is 2.24. The maximum absolute atomic E-state index is 11.8. The van der Waals surface area contributed by atoms with Crippen molar-refractivity contribution in [2.45, 2.75) is 43.5 Å². The summed E-state index contributed by atoms with van der Waals surface area (Å²) >= 11 is 0. The average Bonchev–Trinajstić information content (AvgIpc) is 2.24. The molecule has 0 heterocycles. The summed E-state index contributed by atoms with van der Waals surface area (Å²) < 4.78 is 23.6. The monoisotopic (exact) mass is 253 g/mol. The van der Waals surface area contributed by atoms with Gasteiger partial charge in [-0.15, -0.1) is 0 Å². The van der Waals surface area contributed by atoms with Crippen LogP contribution < -0.4 is 5.32 Å². The number of benzene rings is 1. The van der Waals surface area contributed by atoms with Gasteiger partial charge < -0.3 is 5.32 Å². The number of hydrogen-bond acceptors (Lipinski definition) is 3. The van der Waals surface area contributed by atoms with Crippen LogP contribution in [0.1, 0.15) is 32.6 Å². The number of rotatable bonds is 5. The SMILES string of the molecule is CCCS(=O)(=O)c1ccc(NC2CCC2)cc1. The van der Waals surface area contributed by atoms with Gasteiger partial charge >= 0.3 is 0 Å². The average molecular weight is 253 g/mol. The fraction of sp³-hybridized carbons (Fsp3) is 0.538. The zero-order valence-electron chi connectivity index (χ0n) is 10.1. The van der Waals surface area contributed by atoms with E-state index in [0.29, 0.717) is 17.4 Å². The lowest BCUT2D eigenvalue weighted by Crippen LogP contribution is -2.26. The molecule has 0 bridgehead atoms. The summed E-state index contributed by atoms with van der Waals surface area (Å²) in [5.41, 5.74) is 1.02. The number of sulfone groups is 1. The van der Waals surface area contributed by atoms with Crippen molar-refractivity contribution in [1.29, 1.82) is 0 Å². The van der Waals surface area contributed by atoms with E-state index in [1.165, 1.54) is 19.3 Å². The van der Waals surface area contributed by atoms with Crippen molar-refractivity contribution in [3.05, 3.63) is 24.3 Å². The summed E-state index contributed by atoms with van der Waals surface area (Å²) in [5.74, 6) is 0.225. The third kappa shape index (κ3) is 3.00. The van der Waals surface area contributed by atoms with Crippen molar-refractivity contribution < 1.29 is 8.42 Å². The van der Waals surface area contributed by atoms with Crippen LogP contribution in [0.25, 0.3) is 0 Å². The first-order chi connectivity index (χ1) is 8.12. The summed E-state index contributed by atoms with van der Waals surface area (Å²) in [7, 11) is -3.07. The Morgan fingerprint density at radius 1 is 1.24 bits per heavy atom. The van der Waals surface area contributed by atoms with Gasteiger partial charge in [-0.05, 0) is 49.9 Å². The van der Waals surface area contributed by atoms with Crippen LogP contribution in [0.2, 0.25) is 0 Å². The summed E-state index contributed by atoms with van der Waals surface area (Å²) in [6.45, 7) is 1.88. The molecule has 17 heavy (non-hydrogen) atoms. The predicted octanol–water partition coefficient (Wildman–Crippen LogP) is 2.83. The van der Waals surface area contributed by atoms with E-state index < -0.39 is 9.84 Å². The Morgan fingerprint density at radius 2 is 1.88 bits per heavy atom. The third-order valence-electron chi connectivity index (χ3n) is 3.16. The van der Waals surface area contributed by atoms with Crippen molar-refractivity contribution in [1.82, 2.24) is 0 Å². The second kappa shape index (κ2) is 5.08. The van der Waals surface area contributed by atoms with E-state index in [0.717, 1.165) is 5.69 Å². The molecular weight excluding hydrogens is 234 g/mol. The molecule has 94 valence electrons. The predicted molar refractivity (Wildman–Crippen MR) is 70.0 cm³/mol. The standard InChI is InChI=1S/C13H19NO2S/c1-2-10-17(15,16)13-8-6-12(7-9-13)14-11-4-3-5-11/h6-9,11,14H,2-5,10H2,1H3. The highest BCUT2D eigenvalue weighted by Gasteiger charge is 2.17. The molecule has 0 spiro atoms. The molecule has 0 atom stereocenters. The topological polar surface area (TPSA) is 46.2 Å². The molecule has 1 aromatic carbocycles. The zero-order chi connectivity index (χ0) is 12.3. The Labute approximate surface area is 103 Å². The first-order valence-corrected chi connectivity index (χ1v) is 7.86. The zero-order valence-corrected chi connectivity index (χ0v) is 11.0. The van der Waals surface area contributed by atoms with E-state index in [4.69, 9.17) is 0 Å². The Hall–Kier alpha value is -1.03. The van der Waals surface area contributed by atoms with Crippen LogP contribution in [0.3, 0.4) is 0 Å². The molecule has 1 fully saturated rings.